The van der Waals surface area contributed by atoms with E-state index in [1.807, 2.05) is 12.3 Å². The van der Waals surface area contributed by atoms with E-state index in [9.17, 15) is 0 Å². The summed E-state index contributed by atoms with van der Waals surface area (Å²) in [6.45, 7) is 8.73. The Morgan fingerprint density at radius 3 is 2.59 bits per heavy atom. The molecule has 0 aromatic carbocycles. The van der Waals surface area contributed by atoms with Crippen LogP contribution in [-0.2, 0) is 11.8 Å². The van der Waals surface area contributed by atoms with Gasteiger partial charge in [0.25, 0.3) is 0 Å². The number of nitrogens with zero attached hydrogens (tertiary/aromatic N) is 1. The first-order chi connectivity index (χ1) is 8.02. The van der Waals surface area contributed by atoms with Crippen LogP contribution < -0.4 is 0 Å². The van der Waals surface area contributed by atoms with Gasteiger partial charge in [-0.05, 0) is 24.1 Å². The van der Waals surface area contributed by atoms with E-state index in [-0.39, 0.29) is 5.41 Å². The summed E-state index contributed by atoms with van der Waals surface area (Å²) < 4.78 is 5.14. The van der Waals surface area contributed by atoms with Crippen LogP contribution in [0.3, 0.4) is 0 Å². The molecule has 0 aliphatic carbocycles. The molecule has 0 atom stereocenters. The van der Waals surface area contributed by atoms with Crippen LogP contribution in [0.2, 0.25) is 0 Å². The second-order valence-corrected chi connectivity index (χ2v) is 5.34. The van der Waals surface area contributed by atoms with Gasteiger partial charge in [-0.1, -0.05) is 27.7 Å². The van der Waals surface area contributed by atoms with Crippen molar-refractivity contribution in [2.75, 3.05) is 0 Å². The minimum atomic E-state index is 0.0961. The van der Waals surface area contributed by atoms with Crippen molar-refractivity contribution in [2.45, 2.75) is 39.5 Å². The van der Waals surface area contributed by atoms with Gasteiger partial charge in [0.15, 0.2) is 0 Å². The van der Waals surface area contributed by atoms with Crippen molar-refractivity contribution in [2.24, 2.45) is 0 Å². The first-order valence-corrected chi connectivity index (χ1v) is 6.04. The molecule has 2 heteroatoms. The van der Waals surface area contributed by atoms with Crippen molar-refractivity contribution in [3.63, 3.8) is 0 Å². The minimum Gasteiger partial charge on any atom is -0.472 e. The maximum atomic E-state index is 5.14. The average molecular weight is 229 g/mol. The predicted molar refractivity (Wildman–Crippen MR) is 70.0 cm³/mol. The van der Waals surface area contributed by atoms with E-state index >= 15 is 0 Å². The van der Waals surface area contributed by atoms with Gasteiger partial charge in [0.1, 0.15) is 0 Å². The van der Waals surface area contributed by atoms with Gasteiger partial charge < -0.3 is 4.42 Å². The van der Waals surface area contributed by atoms with E-state index in [0.29, 0.717) is 0 Å². The van der Waals surface area contributed by atoms with E-state index in [0.717, 1.165) is 17.7 Å². The lowest BCUT2D eigenvalue weighted by Gasteiger charge is -2.19. The van der Waals surface area contributed by atoms with Crippen molar-refractivity contribution in [3.05, 3.63) is 42.1 Å². The SMILES string of the molecule is CCc1cc(C(C)(C)C)ncc1-c1ccoc1. The zero-order chi connectivity index (χ0) is 12.5. The highest BCUT2D eigenvalue weighted by atomic mass is 16.3. The number of hydrogen-bond acceptors (Lipinski definition) is 2. The number of pyridine rings is 1. The molecule has 0 radical (unpaired) electrons. The van der Waals surface area contributed by atoms with E-state index in [1.165, 1.54) is 11.1 Å². The monoisotopic (exact) mass is 229 g/mol. The standard InChI is InChI=1S/C15H19NO/c1-5-11-8-14(15(2,3)4)16-9-13(11)12-6-7-17-10-12/h6-10H,5H2,1-4H3. The van der Waals surface area contributed by atoms with Gasteiger partial charge in [-0.25, -0.2) is 0 Å². The molecule has 0 N–H and O–H groups in total. The van der Waals surface area contributed by atoms with Crippen LogP contribution in [0.4, 0.5) is 0 Å². The highest BCUT2D eigenvalue weighted by molar-refractivity contribution is 5.65. The lowest BCUT2D eigenvalue weighted by molar-refractivity contribution is 0.566. The van der Waals surface area contributed by atoms with Crippen LogP contribution in [-0.4, -0.2) is 4.98 Å². The van der Waals surface area contributed by atoms with Gasteiger partial charge in [-0.15, -0.1) is 0 Å². The number of rotatable bonds is 2. The molecule has 0 bridgehead atoms. The molecule has 2 rings (SSSR count). The largest absolute Gasteiger partial charge is 0.472 e. The van der Waals surface area contributed by atoms with Crippen LogP contribution in [0.25, 0.3) is 11.1 Å². The minimum absolute atomic E-state index is 0.0961. The fourth-order valence-electron chi connectivity index (χ4n) is 1.88. The summed E-state index contributed by atoms with van der Waals surface area (Å²) in [6, 6.07) is 4.19. The topological polar surface area (TPSA) is 26.0 Å². The maximum Gasteiger partial charge on any atom is 0.0981 e. The predicted octanol–water partition coefficient (Wildman–Crippen LogP) is 4.20. The molecule has 0 aliphatic heterocycles. The third kappa shape index (κ3) is 2.41. The van der Waals surface area contributed by atoms with Gasteiger partial charge in [0, 0.05) is 28.4 Å². The summed E-state index contributed by atoms with van der Waals surface area (Å²) in [6.07, 6.45) is 6.44. The highest BCUT2D eigenvalue weighted by Gasteiger charge is 2.17. The van der Waals surface area contributed by atoms with Gasteiger partial charge in [0.05, 0.1) is 12.5 Å². The molecule has 90 valence electrons. The third-order valence-electron chi connectivity index (χ3n) is 2.97. The normalized spacial score (nSPS) is 11.8. The lowest BCUT2D eigenvalue weighted by atomic mass is 9.89. The Morgan fingerprint density at radius 1 is 1.29 bits per heavy atom. The Hall–Kier alpha value is -1.57. The summed E-state index contributed by atoms with van der Waals surface area (Å²) in [7, 11) is 0. The summed E-state index contributed by atoms with van der Waals surface area (Å²) in [5, 5.41) is 0. The van der Waals surface area contributed by atoms with Gasteiger partial charge in [-0.3, -0.25) is 4.98 Å². The summed E-state index contributed by atoms with van der Waals surface area (Å²) >= 11 is 0. The first kappa shape index (κ1) is 11.9. The van der Waals surface area contributed by atoms with Gasteiger partial charge in [0.2, 0.25) is 0 Å². The number of hydrogen-bond donors (Lipinski definition) is 0. The summed E-state index contributed by atoms with van der Waals surface area (Å²) in [5.74, 6) is 0. The Morgan fingerprint density at radius 2 is 2.06 bits per heavy atom. The maximum absolute atomic E-state index is 5.14. The van der Waals surface area contributed by atoms with Crippen LogP contribution in [0, 0.1) is 0 Å². The van der Waals surface area contributed by atoms with E-state index in [2.05, 4.69) is 38.7 Å². The molecule has 0 unspecified atom stereocenters. The summed E-state index contributed by atoms with van der Waals surface area (Å²) in [5.41, 5.74) is 4.84. The lowest BCUT2D eigenvalue weighted by Crippen LogP contribution is -2.14. The molecular weight excluding hydrogens is 210 g/mol. The van der Waals surface area contributed by atoms with E-state index < -0.39 is 0 Å². The number of aromatic nitrogens is 1. The van der Waals surface area contributed by atoms with Crippen molar-refractivity contribution < 1.29 is 4.42 Å². The smallest absolute Gasteiger partial charge is 0.0981 e. The van der Waals surface area contributed by atoms with Crippen LogP contribution in [0.1, 0.15) is 39.0 Å². The second-order valence-electron chi connectivity index (χ2n) is 5.34. The van der Waals surface area contributed by atoms with Crippen molar-refractivity contribution >= 4 is 0 Å². The summed E-state index contributed by atoms with van der Waals surface area (Å²) in [4.78, 5) is 4.57. The fraction of sp³-hybridized carbons (Fsp3) is 0.400. The zero-order valence-electron chi connectivity index (χ0n) is 10.9. The zero-order valence-corrected chi connectivity index (χ0v) is 10.9. The molecule has 0 aliphatic rings. The van der Waals surface area contributed by atoms with Crippen LogP contribution in [0.5, 0.6) is 0 Å². The Kier molecular flexibility index (Phi) is 3.05. The molecule has 0 saturated carbocycles. The Bertz CT molecular complexity index is 492. The molecule has 2 aromatic rings. The molecule has 0 amide bonds. The average Bonchev–Trinajstić information content (AvgIpc) is 2.80. The van der Waals surface area contributed by atoms with Crippen LogP contribution >= 0.6 is 0 Å². The van der Waals surface area contributed by atoms with Crippen molar-refractivity contribution in [3.8, 4) is 11.1 Å². The molecule has 2 heterocycles. The number of furan rings is 1. The second kappa shape index (κ2) is 4.36. The molecule has 0 fully saturated rings. The van der Waals surface area contributed by atoms with Gasteiger partial charge in [-0.2, -0.15) is 0 Å². The third-order valence-corrected chi connectivity index (χ3v) is 2.97. The van der Waals surface area contributed by atoms with Crippen LogP contribution in [0.15, 0.2) is 35.3 Å². The van der Waals surface area contributed by atoms with Crippen molar-refractivity contribution in [1.82, 2.24) is 4.98 Å². The first-order valence-electron chi connectivity index (χ1n) is 6.04. The highest BCUT2D eigenvalue weighted by Crippen LogP contribution is 2.28. The van der Waals surface area contributed by atoms with Gasteiger partial charge >= 0.3 is 0 Å². The molecule has 2 aromatic heterocycles. The molecular formula is C15H19NO. The number of aryl methyl sites for hydroxylation is 1. The Balaban J connectivity index is 2.50. The van der Waals surface area contributed by atoms with E-state index in [1.54, 1.807) is 12.5 Å². The molecule has 2 nitrogen and oxygen atoms in total. The quantitative estimate of drug-likeness (QED) is 0.771. The molecule has 0 saturated heterocycles. The Labute approximate surface area is 103 Å². The molecule has 0 spiro atoms. The van der Waals surface area contributed by atoms with Crippen molar-refractivity contribution in [1.29, 1.82) is 0 Å². The van der Waals surface area contributed by atoms with E-state index in [4.69, 9.17) is 4.42 Å². The fourth-order valence-corrected chi connectivity index (χ4v) is 1.88. The molecule has 17 heavy (non-hydrogen) atoms.